The Morgan fingerprint density at radius 1 is 0.843 bits per heavy atom. The fourth-order valence-corrected chi connectivity index (χ4v) is 6.56. The Labute approximate surface area is 304 Å². The number of fused-ring (bicyclic) bond motifs is 5. The fourth-order valence-electron chi connectivity index (χ4n) is 6.56. The molecule has 12 nitrogen and oxygen atoms in total. The van der Waals surface area contributed by atoms with Gasteiger partial charge in [-0.05, 0) is 44.5 Å². The summed E-state index contributed by atoms with van der Waals surface area (Å²) >= 11 is 0. The first kappa shape index (κ1) is 38.5. The Bertz CT molecular complexity index is 1530. The van der Waals surface area contributed by atoms with E-state index in [4.69, 9.17) is 14.6 Å². The van der Waals surface area contributed by atoms with Gasteiger partial charge in [0, 0.05) is 89.5 Å². The topological polar surface area (TPSA) is 108 Å². The number of likely N-dealkylation sites (N-methyl/N-ethyl adjacent to an activating group) is 1. The highest BCUT2D eigenvalue weighted by Crippen LogP contribution is 2.41. The van der Waals surface area contributed by atoms with E-state index in [1.54, 1.807) is 4.90 Å². The molecule has 51 heavy (non-hydrogen) atoms. The van der Waals surface area contributed by atoms with Crippen LogP contribution in [0.15, 0.2) is 48.5 Å². The summed E-state index contributed by atoms with van der Waals surface area (Å²) in [5, 5.41) is 12.3. The number of amides is 2. The van der Waals surface area contributed by atoms with Crippen molar-refractivity contribution >= 4 is 17.5 Å². The van der Waals surface area contributed by atoms with Gasteiger partial charge in [0.1, 0.15) is 5.69 Å². The lowest BCUT2D eigenvalue weighted by molar-refractivity contribution is -0.125. The lowest BCUT2D eigenvalue weighted by Gasteiger charge is -2.35. The molecule has 0 saturated carbocycles. The average Bonchev–Trinajstić information content (AvgIpc) is 3.54. The molecule has 2 amide bonds. The van der Waals surface area contributed by atoms with E-state index >= 15 is 0 Å². The number of benzene rings is 2. The molecule has 0 spiro atoms. The van der Waals surface area contributed by atoms with Crippen LogP contribution in [0, 0.1) is 5.92 Å². The normalized spacial score (nSPS) is 15.0. The third kappa shape index (κ3) is 11.4. The van der Waals surface area contributed by atoms with Crippen LogP contribution >= 0.6 is 0 Å². The summed E-state index contributed by atoms with van der Waals surface area (Å²) in [4.78, 5) is 35.6. The number of aromatic nitrogens is 3. The smallest absolute Gasteiger partial charge is 0.227 e. The van der Waals surface area contributed by atoms with Crippen LogP contribution < -0.4 is 10.2 Å². The third-order valence-corrected chi connectivity index (χ3v) is 9.61. The van der Waals surface area contributed by atoms with E-state index in [2.05, 4.69) is 65.3 Å². The minimum absolute atomic E-state index is 0.0936. The highest BCUT2D eigenvalue weighted by atomic mass is 16.5. The van der Waals surface area contributed by atoms with Gasteiger partial charge in [-0.1, -0.05) is 61.5 Å². The number of nitrogens with one attached hydrogen (secondary N) is 1. The summed E-state index contributed by atoms with van der Waals surface area (Å²) in [7, 11) is 4.26. The maximum atomic E-state index is 13.8. The van der Waals surface area contributed by atoms with Crippen LogP contribution in [0.4, 0.5) is 5.69 Å². The predicted octanol–water partition coefficient (Wildman–Crippen LogP) is 4.00. The average molecular weight is 703 g/mol. The highest BCUT2D eigenvalue weighted by Gasteiger charge is 2.29. The molecule has 2 aromatic carbocycles. The monoisotopic (exact) mass is 702 g/mol. The molecular weight excluding hydrogens is 644 g/mol. The zero-order chi connectivity index (χ0) is 36.0. The van der Waals surface area contributed by atoms with Crippen molar-refractivity contribution in [1.29, 1.82) is 0 Å². The van der Waals surface area contributed by atoms with E-state index in [0.717, 1.165) is 106 Å². The first-order valence-electron chi connectivity index (χ1n) is 18.7. The Kier molecular flexibility index (Phi) is 15.0. The fraction of sp³-hybridized carbons (Fsp3) is 0.590. The minimum atomic E-state index is -0.169. The maximum absolute atomic E-state index is 13.8. The summed E-state index contributed by atoms with van der Waals surface area (Å²) in [6, 6.07) is 16.1. The standard InChI is InChI=1S/C39H58N8O4/c1-31(2)16-26-50-28-29-51-27-17-40-36(48)14-15-37(49)46-30-32-10-5-6-11-33(32)39-38(34-12-7-8-13-35(34)46)41-42-47(39)19-9-18-44-22-24-45(25-23-44)21-20-43(3)4/h5-8,10-13,31H,9,14-30H2,1-4H3,(H,40,48). The van der Waals surface area contributed by atoms with Crippen molar-refractivity contribution in [3.63, 3.8) is 0 Å². The predicted molar refractivity (Wildman–Crippen MR) is 201 cm³/mol. The molecule has 0 unspecified atom stereocenters. The molecule has 0 bridgehead atoms. The second kappa shape index (κ2) is 19.8. The quantitative estimate of drug-likeness (QED) is 0.186. The third-order valence-electron chi connectivity index (χ3n) is 9.61. The number of carbonyl (C=O) groups excluding carboxylic acids is 2. The van der Waals surface area contributed by atoms with Crippen molar-refractivity contribution in [2.24, 2.45) is 5.92 Å². The molecule has 3 aromatic rings. The molecule has 1 N–H and O–H groups in total. The first-order chi connectivity index (χ1) is 24.8. The van der Waals surface area contributed by atoms with Crippen molar-refractivity contribution in [2.75, 3.05) is 97.8 Å². The summed E-state index contributed by atoms with van der Waals surface area (Å²) in [6.45, 7) is 15.7. The van der Waals surface area contributed by atoms with E-state index < -0.39 is 0 Å². The second-order valence-corrected chi connectivity index (χ2v) is 14.3. The Morgan fingerprint density at radius 2 is 1.53 bits per heavy atom. The summed E-state index contributed by atoms with van der Waals surface area (Å²) in [5.74, 6) is 0.338. The van der Waals surface area contributed by atoms with Gasteiger partial charge in [-0.2, -0.15) is 0 Å². The number of carbonyl (C=O) groups is 2. The molecule has 1 fully saturated rings. The molecule has 0 radical (unpaired) electrons. The van der Waals surface area contributed by atoms with Crippen molar-refractivity contribution in [3.8, 4) is 22.5 Å². The molecule has 278 valence electrons. The van der Waals surface area contributed by atoms with Crippen molar-refractivity contribution in [1.82, 2.24) is 35.0 Å². The molecule has 1 aromatic heterocycles. The molecule has 5 rings (SSSR count). The molecular formula is C39H58N8O4. The van der Waals surface area contributed by atoms with Crippen LogP contribution in [0.2, 0.25) is 0 Å². The lowest BCUT2D eigenvalue weighted by Crippen LogP contribution is -2.48. The zero-order valence-electron chi connectivity index (χ0n) is 31.2. The van der Waals surface area contributed by atoms with Crippen LogP contribution in [-0.4, -0.2) is 134 Å². The summed E-state index contributed by atoms with van der Waals surface area (Å²) < 4.78 is 13.2. The van der Waals surface area contributed by atoms with Crippen LogP contribution in [0.3, 0.4) is 0 Å². The molecule has 1 saturated heterocycles. The lowest BCUT2D eigenvalue weighted by atomic mass is 9.95. The Hall–Kier alpha value is -3.68. The number of anilines is 1. The van der Waals surface area contributed by atoms with E-state index in [-0.39, 0.29) is 24.7 Å². The van der Waals surface area contributed by atoms with E-state index in [1.165, 1.54) is 0 Å². The Morgan fingerprint density at radius 3 is 2.27 bits per heavy atom. The van der Waals surface area contributed by atoms with Gasteiger partial charge in [-0.25, -0.2) is 4.68 Å². The zero-order valence-corrected chi connectivity index (χ0v) is 31.2. The number of nitrogens with zero attached hydrogens (tertiary/aromatic N) is 7. The van der Waals surface area contributed by atoms with Gasteiger partial charge in [0.05, 0.1) is 37.7 Å². The summed E-state index contributed by atoms with van der Waals surface area (Å²) in [5.41, 5.74) is 5.46. The van der Waals surface area contributed by atoms with Crippen LogP contribution in [0.5, 0.6) is 0 Å². The SMILES string of the molecule is CC(C)CCOCCOCCNC(=O)CCC(=O)N1Cc2ccccc2-c2c(nnn2CCCN2CCN(CCN(C)C)CC2)-c2ccccc21. The van der Waals surface area contributed by atoms with Gasteiger partial charge in [0.2, 0.25) is 11.8 Å². The van der Waals surface area contributed by atoms with Crippen LogP contribution in [-0.2, 0) is 32.2 Å². The van der Waals surface area contributed by atoms with E-state index in [9.17, 15) is 9.59 Å². The number of hydrogen-bond acceptors (Lipinski definition) is 9. The number of ether oxygens (including phenoxy) is 2. The maximum Gasteiger partial charge on any atom is 0.227 e. The molecule has 0 atom stereocenters. The van der Waals surface area contributed by atoms with Crippen molar-refractivity contribution in [2.45, 2.75) is 52.6 Å². The molecule has 2 aliphatic rings. The molecule has 2 aliphatic heterocycles. The Balaban J connectivity index is 1.18. The number of piperazine rings is 1. The minimum Gasteiger partial charge on any atom is -0.379 e. The van der Waals surface area contributed by atoms with E-state index in [0.29, 0.717) is 38.8 Å². The van der Waals surface area contributed by atoms with Crippen molar-refractivity contribution < 1.29 is 19.1 Å². The molecule has 3 heterocycles. The van der Waals surface area contributed by atoms with Crippen LogP contribution in [0.1, 0.15) is 45.1 Å². The first-order valence-corrected chi connectivity index (χ1v) is 18.7. The second-order valence-electron chi connectivity index (χ2n) is 14.3. The van der Waals surface area contributed by atoms with Gasteiger partial charge in [0.25, 0.3) is 0 Å². The van der Waals surface area contributed by atoms with Gasteiger partial charge < -0.3 is 29.5 Å². The van der Waals surface area contributed by atoms with Gasteiger partial charge in [-0.3, -0.25) is 14.5 Å². The van der Waals surface area contributed by atoms with Crippen LogP contribution in [0.25, 0.3) is 22.5 Å². The highest BCUT2D eigenvalue weighted by molar-refractivity contribution is 6.01. The van der Waals surface area contributed by atoms with E-state index in [1.807, 2.05) is 41.1 Å². The van der Waals surface area contributed by atoms with Gasteiger partial charge in [0.15, 0.2) is 0 Å². The largest absolute Gasteiger partial charge is 0.379 e. The van der Waals surface area contributed by atoms with Crippen molar-refractivity contribution in [3.05, 3.63) is 54.1 Å². The van der Waals surface area contributed by atoms with Gasteiger partial charge >= 0.3 is 0 Å². The number of hydrogen-bond donors (Lipinski definition) is 1. The number of aryl methyl sites for hydroxylation is 1. The molecule has 0 aliphatic carbocycles. The summed E-state index contributed by atoms with van der Waals surface area (Å²) in [6.07, 6.45) is 2.20. The molecule has 12 heteroatoms. The van der Waals surface area contributed by atoms with Gasteiger partial charge in [-0.15, -0.1) is 5.10 Å². The number of para-hydroxylation sites is 1. The number of rotatable bonds is 19.